The number of rotatable bonds is 7. The standard InChI is InChI=1S/C23H31N3O2.ClH/c1-18-8-9-22(16-19(18)2)28-15-11-23(27)26(17-20-6-3-4-13-25-20)21-7-5-12-24-14-10-21;/h3-4,6,8-9,13,16,21,24H,5,7,10-12,14-15,17H2,1-2H3;1H. The summed E-state index contributed by atoms with van der Waals surface area (Å²) in [6.07, 6.45) is 5.27. The van der Waals surface area contributed by atoms with Crippen molar-refractivity contribution >= 4 is 18.3 Å². The molecule has 1 aliphatic heterocycles. The van der Waals surface area contributed by atoms with Crippen molar-refractivity contribution in [3.05, 3.63) is 59.4 Å². The molecular weight excluding hydrogens is 386 g/mol. The van der Waals surface area contributed by atoms with Crippen molar-refractivity contribution < 1.29 is 9.53 Å². The molecule has 0 spiro atoms. The van der Waals surface area contributed by atoms with Gasteiger partial charge in [0.1, 0.15) is 5.75 Å². The lowest BCUT2D eigenvalue weighted by Crippen LogP contribution is -2.41. The van der Waals surface area contributed by atoms with Gasteiger partial charge in [0.05, 0.1) is 25.3 Å². The first-order valence-corrected chi connectivity index (χ1v) is 10.2. The Morgan fingerprint density at radius 1 is 1.17 bits per heavy atom. The van der Waals surface area contributed by atoms with Crippen molar-refractivity contribution in [2.24, 2.45) is 0 Å². The molecule has 1 atom stereocenters. The molecule has 1 N–H and O–H groups in total. The van der Waals surface area contributed by atoms with E-state index >= 15 is 0 Å². The first-order chi connectivity index (χ1) is 13.6. The van der Waals surface area contributed by atoms with Gasteiger partial charge in [0, 0.05) is 12.2 Å². The van der Waals surface area contributed by atoms with E-state index in [4.69, 9.17) is 4.74 Å². The summed E-state index contributed by atoms with van der Waals surface area (Å²) in [5.41, 5.74) is 3.38. The maximum atomic E-state index is 13.1. The fraction of sp³-hybridized carbons (Fsp3) is 0.478. The SMILES string of the molecule is Cc1ccc(OCCC(=O)N(Cc2ccccn2)C2CCCNCC2)cc1C.Cl. The van der Waals surface area contributed by atoms with Crippen molar-refractivity contribution in [2.45, 2.75) is 52.1 Å². The number of aryl methyl sites for hydroxylation is 2. The number of hydrogen-bond donors (Lipinski definition) is 1. The number of pyridine rings is 1. The smallest absolute Gasteiger partial charge is 0.226 e. The second-order valence-corrected chi connectivity index (χ2v) is 7.52. The Balaban J connectivity index is 0.00000300. The fourth-order valence-electron chi connectivity index (χ4n) is 3.60. The van der Waals surface area contributed by atoms with Gasteiger partial charge in [-0.15, -0.1) is 12.4 Å². The molecule has 29 heavy (non-hydrogen) atoms. The monoisotopic (exact) mass is 417 g/mol. The molecule has 1 amide bonds. The van der Waals surface area contributed by atoms with E-state index in [9.17, 15) is 4.79 Å². The average molecular weight is 418 g/mol. The zero-order chi connectivity index (χ0) is 19.8. The third kappa shape index (κ3) is 7.02. The van der Waals surface area contributed by atoms with Crippen molar-refractivity contribution in [1.82, 2.24) is 15.2 Å². The van der Waals surface area contributed by atoms with Crippen LogP contribution in [-0.4, -0.2) is 41.5 Å². The Morgan fingerprint density at radius 2 is 2.03 bits per heavy atom. The molecule has 1 saturated heterocycles. The summed E-state index contributed by atoms with van der Waals surface area (Å²) in [4.78, 5) is 19.5. The summed E-state index contributed by atoms with van der Waals surface area (Å²) >= 11 is 0. The van der Waals surface area contributed by atoms with Crippen molar-refractivity contribution in [2.75, 3.05) is 19.7 Å². The molecule has 2 heterocycles. The summed E-state index contributed by atoms with van der Waals surface area (Å²) < 4.78 is 5.85. The third-order valence-corrected chi connectivity index (χ3v) is 5.43. The van der Waals surface area contributed by atoms with Crippen LogP contribution in [0.15, 0.2) is 42.6 Å². The second kappa shape index (κ2) is 11.8. The molecule has 2 aromatic rings. The Bertz CT molecular complexity index is 762. The molecule has 3 rings (SSSR count). The Hall–Kier alpha value is -2.11. The van der Waals surface area contributed by atoms with E-state index in [1.807, 2.05) is 35.2 Å². The van der Waals surface area contributed by atoms with E-state index < -0.39 is 0 Å². The lowest BCUT2D eigenvalue weighted by Gasteiger charge is -2.31. The number of carbonyl (C=O) groups excluding carboxylic acids is 1. The van der Waals surface area contributed by atoms with Gasteiger partial charge in [0.2, 0.25) is 5.91 Å². The van der Waals surface area contributed by atoms with Crippen molar-refractivity contribution in [3.63, 3.8) is 0 Å². The maximum Gasteiger partial charge on any atom is 0.226 e. The lowest BCUT2D eigenvalue weighted by molar-refractivity contribution is -0.135. The molecule has 1 unspecified atom stereocenters. The predicted molar refractivity (Wildman–Crippen MR) is 119 cm³/mol. The van der Waals surface area contributed by atoms with Gasteiger partial charge in [-0.25, -0.2) is 0 Å². The van der Waals surface area contributed by atoms with Gasteiger partial charge in [-0.3, -0.25) is 9.78 Å². The minimum Gasteiger partial charge on any atom is -0.493 e. The zero-order valence-corrected chi connectivity index (χ0v) is 18.2. The van der Waals surface area contributed by atoms with E-state index in [-0.39, 0.29) is 24.4 Å². The van der Waals surface area contributed by atoms with Gasteiger partial charge >= 0.3 is 0 Å². The number of hydrogen-bond acceptors (Lipinski definition) is 4. The van der Waals surface area contributed by atoms with Crippen molar-refractivity contribution in [1.29, 1.82) is 0 Å². The number of nitrogens with one attached hydrogen (secondary N) is 1. The van der Waals surface area contributed by atoms with Crippen LogP contribution in [0.4, 0.5) is 0 Å². The summed E-state index contributed by atoms with van der Waals surface area (Å²) in [5.74, 6) is 0.965. The summed E-state index contributed by atoms with van der Waals surface area (Å²) in [5, 5.41) is 3.43. The normalized spacial score (nSPS) is 16.4. The zero-order valence-electron chi connectivity index (χ0n) is 17.4. The highest BCUT2D eigenvalue weighted by Crippen LogP contribution is 2.19. The number of amides is 1. The topological polar surface area (TPSA) is 54.5 Å². The van der Waals surface area contributed by atoms with Crippen LogP contribution in [0.1, 0.15) is 42.5 Å². The second-order valence-electron chi connectivity index (χ2n) is 7.52. The number of aromatic nitrogens is 1. The Morgan fingerprint density at radius 3 is 2.79 bits per heavy atom. The van der Waals surface area contributed by atoms with Crippen LogP contribution >= 0.6 is 12.4 Å². The van der Waals surface area contributed by atoms with Gasteiger partial charge in [0.25, 0.3) is 0 Å². The van der Waals surface area contributed by atoms with Crippen LogP contribution in [-0.2, 0) is 11.3 Å². The van der Waals surface area contributed by atoms with Crippen LogP contribution in [0.3, 0.4) is 0 Å². The third-order valence-electron chi connectivity index (χ3n) is 5.43. The van der Waals surface area contributed by atoms with E-state index in [0.717, 1.165) is 43.8 Å². The molecule has 0 aliphatic carbocycles. The molecule has 1 fully saturated rings. The van der Waals surface area contributed by atoms with E-state index in [1.165, 1.54) is 11.1 Å². The average Bonchev–Trinajstić information content (AvgIpc) is 2.99. The van der Waals surface area contributed by atoms with Crippen LogP contribution in [0.2, 0.25) is 0 Å². The fourth-order valence-corrected chi connectivity index (χ4v) is 3.60. The summed E-state index contributed by atoms with van der Waals surface area (Å²) in [6.45, 7) is 7.09. The van der Waals surface area contributed by atoms with Gasteiger partial charge in [-0.05, 0) is 81.6 Å². The molecule has 0 radical (unpaired) electrons. The van der Waals surface area contributed by atoms with Crippen LogP contribution in [0.25, 0.3) is 0 Å². The highest BCUT2D eigenvalue weighted by Gasteiger charge is 2.25. The minimum absolute atomic E-state index is 0. The van der Waals surface area contributed by atoms with Crippen LogP contribution < -0.4 is 10.1 Å². The predicted octanol–water partition coefficient (Wildman–Crippen LogP) is 4.06. The molecule has 1 aromatic carbocycles. The largest absolute Gasteiger partial charge is 0.493 e. The Kier molecular flexibility index (Phi) is 9.42. The van der Waals surface area contributed by atoms with Crippen LogP contribution in [0, 0.1) is 13.8 Å². The van der Waals surface area contributed by atoms with Gasteiger partial charge in [-0.2, -0.15) is 0 Å². The maximum absolute atomic E-state index is 13.1. The molecule has 0 bridgehead atoms. The number of nitrogens with zero attached hydrogens (tertiary/aromatic N) is 2. The Labute approximate surface area is 180 Å². The summed E-state index contributed by atoms with van der Waals surface area (Å²) in [6, 6.07) is 12.2. The first kappa shape index (κ1) is 23.2. The van der Waals surface area contributed by atoms with Crippen LogP contribution in [0.5, 0.6) is 5.75 Å². The number of halogens is 1. The number of benzene rings is 1. The summed E-state index contributed by atoms with van der Waals surface area (Å²) in [7, 11) is 0. The van der Waals surface area contributed by atoms with Gasteiger partial charge in [0.15, 0.2) is 0 Å². The van der Waals surface area contributed by atoms with Crippen molar-refractivity contribution in [3.8, 4) is 5.75 Å². The van der Waals surface area contributed by atoms with Gasteiger partial charge in [-0.1, -0.05) is 12.1 Å². The quantitative estimate of drug-likeness (QED) is 0.738. The van der Waals surface area contributed by atoms with E-state index in [2.05, 4.69) is 30.2 Å². The number of carbonyl (C=O) groups is 1. The molecule has 6 heteroatoms. The molecule has 158 valence electrons. The molecular formula is C23H32ClN3O2. The number of ether oxygens (including phenoxy) is 1. The highest BCUT2D eigenvalue weighted by atomic mass is 35.5. The molecule has 0 saturated carbocycles. The molecule has 5 nitrogen and oxygen atoms in total. The van der Waals surface area contributed by atoms with Gasteiger partial charge < -0.3 is 15.0 Å². The van der Waals surface area contributed by atoms with E-state index in [1.54, 1.807) is 6.20 Å². The lowest BCUT2D eigenvalue weighted by atomic mass is 10.1. The molecule has 1 aromatic heterocycles. The minimum atomic E-state index is 0. The first-order valence-electron chi connectivity index (χ1n) is 10.2. The highest BCUT2D eigenvalue weighted by molar-refractivity contribution is 5.85. The van der Waals surface area contributed by atoms with E-state index in [0.29, 0.717) is 19.6 Å². The molecule has 1 aliphatic rings.